The number of benzene rings is 1. The first-order valence-electron chi connectivity index (χ1n) is 5.14. The standard InChI is InChI=1S/C12H17NO/c1-10-8-13(2)12(14-9-10)11-6-4-3-5-7-11/h3-7,10,12H,8-9H2,1-2H3. The summed E-state index contributed by atoms with van der Waals surface area (Å²) in [6.45, 7) is 4.20. The molecule has 0 aliphatic carbocycles. The highest BCUT2D eigenvalue weighted by molar-refractivity contribution is 5.17. The minimum absolute atomic E-state index is 0.146. The molecule has 0 amide bonds. The summed E-state index contributed by atoms with van der Waals surface area (Å²) in [6.07, 6.45) is 0.146. The lowest BCUT2D eigenvalue weighted by molar-refractivity contribution is -0.108. The minimum atomic E-state index is 0.146. The van der Waals surface area contributed by atoms with Crippen LogP contribution in [0.3, 0.4) is 0 Å². The fourth-order valence-corrected chi connectivity index (χ4v) is 1.99. The molecule has 76 valence electrons. The molecule has 0 N–H and O–H groups in total. The van der Waals surface area contributed by atoms with Gasteiger partial charge >= 0.3 is 0 Å². The molecule has 1 saturated heterocycles. The summed E-state index contributed by atoms with van der Waals surface area (Å²) in [7, 11) is 2.12. The van der Waals surface area contributed by atoms with E-state index in [1.165, 1.54) is 5.56 Å². The van der Waals surface area contributed by atoms with Gasteiger partial charge in [-0.2, -0.15) is 0 Å². The summed E-state index contributed by atoms with van der Waals surface area (Å²) in [5, 5.41) is 0. The number of rotatable bonds is 1. The van der Waals surface area contributed by atoms with E-state index >= 15 is 0 Å². The lowest BCUT2D eigenvalue weighted by Gasteiger charge is -2.36. The van der Waals surface area contributed by atoms with Crippen LogP contribution in [0.1, 0.15) is 18.7 Å². The molecule has 1 aliphatic rings. The average molecular weight is 191 g/mol. The molecular formula is C12H17NO. The van der Waals surface area contributed by atoms with Crippen molar-refractivity contribution >= 4 is 0 Å². The third-order valence-corrected chi connectivity index (χ3v) is 2.62. The number of hydrogen-bond acceptors (Lipinski definition) is 2. The molecule has 2 heteroatoms. The van der Waals surface area contributed by atoms with Gasteiger partial charge in [0.05, 0.1) is 6.61 Å². The summed E-state index contributed by atoms with van der Waals surface area (Å²) < 4.78 is 5.81. The Morgan fingerprint density at radius 1 is 1.29 bits per heavy atom. The van der Waals surface area contributed by atoms with Crippen molar-refractivity contribution in [2.24, 2.45) is 5.92 Å². The molecule has 0 aromatic heterocycles. The number of hydrogen-bond donors (Lipinski definition) is 0. The van der Waals surface area contributed by atoms with Crippen molar-refractivity contribution in [1.82, 2.24) is 4.90 Å². The van der Waals surface area contributed by atoms with Crippen LogP contribution in [0.25, 0.3) is 0 Å². The van der Waals surface area contributed by atoms with E-state index in [9.17, 15) is 0 Å². The van der Waals surface area contributed by atoms with E-state index in [2.05, 4.69) is 43.1 Å². The smallest absolute Gasteiger partial charge is 0.136 e. The van der Waals surface area contributed by atoms with Gasteiger partial charge in [-0.15, -0.1) is 0 Å². The van der Waals surface area contributed by atoms with Gasteiger partial charge in [0.25, 0.3) is 0 Å². The van der Waals surface area contributed by atoms with Crippen molar-refractivity contribution in [1.29, 1.82) is 0 Å². The normalized spacial score (nSPS) is 29.0. The van der Waals surface area contributed by atoms with E-state index in [1.807, 2.05) is 6.07 Å². The molecule has 0 spiro atoms. The van der Waals surface area contributed by atoms with Gasteiger partial charge in [0.1, 0.15) is 6.23 Å². The summed E-state index contributed by atoms with van der Waals surface area (Å²) >= 11 is 0. The first-order chi connectivity index (χ1) is 6.77. The van der Waals surface area contributed by atoms with Gasteiger partial charge in [-0.3, -0.25) is 4.90 Å². The Labute approximate surface area is 85.5 Å². The number of ether oxygens (including phenoxy) is 1. The van der Waals surface area contributed by atoms with Crippen molar-refractivity contribution in [3.05, 3.63) is 35.9 Å². The lowest BCUT2D eigenvalue weighted by Crippen LogP contribution is -2.38. The Kier molecular flexibility index (Phi) is 2.85. The molecule has 2 unspecified atom stereocenters. The van der Waals surface area contributed by atoms with Crippen LogP contribution in [0, 0.1) is 5.92 Å². The maximum Gasteiger partial charge on any atom is 0.136 e. The molecule has 0 radical (unpaired) electrons. The highest BCUT2D eigenvalue weighted by Crippen LogP contribution is 2.26. The van der Waals surface area contributed by atoms with Crippen LogP contribution < -0.4 is 0 Å². The van der Waals surface area contributed by atoms with Crippen LogP contribution in [0.15, 0.2) is 30.3 Å². The Morgan fingerprint density at radius 3 is 2.64 bits per heavy atom. The Morgan fingerprint density at radius 2 is 2.00 bits per heavy atom. The highest BCUT2D eigenvalue weighted by atomic mass is 16.5. The maximum atomic E-state index is 5.81. The Bertz CT molecular complexity index is 286. The zero-order valence-electron chi connectivity index (χ0n) is 8.81. The van der Waals surface area contributed by atoms with Gasteiger partial charge in [0, 0.05) is 6.54 Å². The second-order valence-electron chi connectivity index (χ2n) is 4.14. The molecule has 2 nitrogen and oxygen atoms in total. The fourth-order valence-electron chi connectivity index (χ4n) is 1.99. The predicted octanol–water partition coefficient (Wildman–Crippen LogP) is 2.28. The van der Waals surface area contributed by atoms with Crippen LogP contribution in [-0.2, 0) is 4.74 Å². The van der Waals surface area contributed by atoms with Crippen LogP contribution in [0.4, 0.5) is 0 Å². The highest BCUT2D eigenvalue weighted by Gasteiger charge is 2.24. The molecule has 2 atom stereocenters. The molecule has 2 rings (SSSR count). The van der Waals surface area contributed by atoms with Gasteiger partial charge in [-0.1, -0.05) is 37.3 Å². The van der Waals surface area contributed by atoms with E-state index in [0.717, 1.165) is 13.2 Å². The SMILES string of the molecule is CC1COC(c2ccccc2)N(C)C1. The maximum absolute atomic E-state index is 5.81. The Balaban J connectivity index is 2.12. The van der Waals surface area contributed by atoms with Crippen molar-refractivity contribution < 1.29 is 4.74 Å². The molecule has 1 aliphatic heterocycles. The zero-order chi connectivity index (χ0) is 9.97. The predicted molar refractivity (Wildman–Crippen MR) is 56.9 cm³/mol. The quantitative estimate of drug-likeness (QED) is 0.675. The molecule has 1 aromatic carbocycles. The van der Waals surface area contributed by atoms with Crippen molar-refractivity contribution in [3.63, 3.8) is 0 Å². The molecular weight excluding hydrogens is 174 g/mol. The summed E-state index contributed by atoms with van der Waals surface area (Å²) in [5.74, 6) is 0.639. The second-order valence-corrected chi connectivity index (χ2v) is 4.14. The number of nitrogens with zero attached hydrogens (tertiary/aromatic N) is 1. The molecule has 0 saturated carbocycles. The third kappa shape index (κ3) is 1.97. The van der Waals surface area contributed by atoms with Crippen LogP contribution in [-0.4, -0.2) is 25.1 Å². The molecule has 14 heavy (non-hydrogen) atoms. The van der Waals surface area contributed by atoms with E-state index in [1.54, 1.807) is 0 Å². The van der Waals surface area contributed by atoms with Crippen LogP contribution >= 0.6 is 0 Å². The van der Waals surface area contributed by atoms with Crippen molar-refractivity contribution in [2.75, 3.05) is 20.2 Å². The van der Waals surface area contributed by atoms with Gasteiger partial charge in [-0.05, 0) is 18.5 Å². The van der Waals surface area contributed by atoms with Crippen molar-refractivity contribution in [3.8, 4) is 0 Å². The fraction of sp³-hybridized carbons (Fsp3) is 0.500. The molecule has 0 bridgehead atoms. The van der Waals surface area contributed by atoms with E-state index in [4.69, 9.17) is 4.74 Å². The van der Waals surface area contributed by atoms with Gasteiger partial charge in [0.2, 0.25) is 0 Å². The van der Waals surface area contributed by atoms with Gasteiger partial charge in [0.15, 0.2) is 0 Å². The molecule has 1 aromatic rings. The topological polar surface area (TPSA) is 12.5 Å². The zero-order valence-corrected chi connectivity index (χ0v) is 8.81. The van der Waals surface area contributed by atoms with Crippen LogP contribution in [0.5, 0.6) is 0 Å². The molecule has 1 heterocycles. The minimum Gasteiger partial charge on any atom is -0.359 e. The first kappa shape index (κ1) is 9.69. The monoisotopic (exact) mass is 191 g/mol. The van der Waals surface area contributed by atoms with E-state index in [0.29, 0.717) is 5.92 Å². The Hall–Kier alpha value is -0.860. The first-order valence-corrected chi connectivity index (χ1v) is 5.14. The van der Waals surface area contributed by atoms with Gasteiger partial charge in [-0.25, -0.2) is 0 Å². The average Bonchev–Trinajstić information content (AvgIpc) is 2.19. The van der Waals surface area contributed by atoms with E-state index in [-0.39, 0.29) is 6.23 Å². The summed E-state index contributed by atoms with van der Waals surface area (Å²) in [5.41, 5.74) is 1.25. The summed E-state index contributed by atoms with van der Waals surface area (Å²) in [6, 6.07) is 10.4. The third-order valence-electron chi connectivity index (χ3n) is 2.62. The largest absolute Gasteiger partial charge is 0.359 e. The van der Waals surface area contributed by atoms with Crippen LogP contribution in [0.2, 0.25) is 0 Å². The summed E-state index contributed by atoms with van der Waals surface area (Å²) in [4.78, 5) is 2.27. The van der Waals surface area contributed by atoms with Crippen molar-refractivity contribution in [2.45, 2.75) is 13.2 Å². The van der Waals surface area contributed by atoms with Gasteiger partial charge < -0.3 is 4.74 Å². The molecule has 1 fully saturated rings. The second kappa shape index (κ2) is 4.11. The lowest BCUT2D eigenvalue weighted by atomic mass is 10.1. The van der Waals surface area contributed by atoms with E-state index < -0.39 is 0 Å².